The zero-order valence-electron chi connectivity index (χ0n) is 11.3. The quantitative estimate of drug-likeness (QED) is 0.879. The maximum absolute atomic E-state index is 5.95. The Morgan fingerprint density at radius 1 is 1.55 bits per heavy atom. The van der Waals surface area contributed by atoms with E-state index in [-0.39, 0.29) is 11.4 Å². The average molecular weight is 313 g/mol. The Bertz CT molecular complexity index is 591. The van der Waals surface area contributed by atoms with E-state index in [4.69, 9.17) is 16.3 Å². The Hall–Kier alpha value is -0.950. The number of halogens is 1. The number of fused-ring (bicyclic) bond motifs is 1. The number of hydrogen-bond acceptors (Lipinski definition) is 6. The molecule has 3 heterocycles. The SMILES string of the molecule is CCN1CCOC(CNc2nc(Cl)nc3sccc23)C1. The molecular weight excluding hydrogens is 296 g/mol. The van der Waals surface area contributed by atoms with Crippen molar-refractivity contribution in [2.45, 2.75) is 13.0 Å². The first-order valence-corrected chi connectivity index (χ1v) is 8.00. The molecule has 1 atom stereocenters. The Morgan fingerprint density at radius 2 is 2.45 bits per heavy atom. The van der Waals surface area contributed by atoms with E-state index in [1.54, 1.807) is 11.3 Å². The molecule has 1 fully saturated rings. The number of thiophene rings is 1. The van der Waals surface area contributed by atoms with Crippen LogP contribution in [-0.2, 0) is 4.74 Å². The summed E-state index contributed by atoms with van der Waals surface area (Å²) in [4.78, 5) is 11.8. The van der Waals surface area contributed by atoms with Crippen LogP contribution in [0, 0.1) is 0 Å². The van der Waals surface area contributed by atoms with Gasteiger partial charge in [0.25, 0.3) is 0 Å². The van der Waals surface area contributed by atoms with Crippen molar-refractivity contribution in [3.8, 4) is 0 Å². The Kier molecular flexibility index (Phi) is 4.35. The van der Waals surface area contributed by atoms with Crippen LogP contribution >= 0.6 is 22.9 Å². The van der Waals surface area contributed by atoms with Gasteiger partial charge >= 0.3 is 0 Å². The molecule has 1 aliphatic heterocycles. The van der Waals surface area contributed by atoms with Gasteiger partial charge in [-0.05, 0) is 29.6 Å². The second-order valence-corrected chi connectivity index (χ2v) is 5.98. The van der Waals surface area contributed by atoms with Crippen molar-refractivity contribution in [2.24, 2.45) is 0 Å². The molecule has 1 aliphatic rings. The van der Waals surface area contributed by atoms with Crippen LogP contribution in [0.2, 0.25) is 5.28 Å². The first-order chi connectivity index (χ1) is 9.76. The Morgan fingerprint density at radius 3 is 3.30 bits per heavy atom. The zero-order valence-corrected chi connectivity index (χ0v) is 12.9. The monoisotopic (exact) mass is 312 g/mol. The smallest absolute Gasteiger partial charge is 0.225 e. The molecule has 108 valence electrons. The highest BCUT2D eigenvalue weighted by atomic mass is 35.5. The van der Waals surface area contributed by atoms with Crippen molar-refractivity contribution in [3.63, 3.8) is 0 Å². The lowest BCUT2D eigenvalue weighted by Crippen LogP contribution is -2.45. The predicted octanol–water partition coefficient (Wildman–Crippen LogP) is 2.48. The third kappa shape index (κ3) is 3.03. The first-order valence-electron chi connectivity index (χ1n) is 6.75. The van der Waals surface area contributed by atoms with Crippen LogP contribution in [0.15, 0.2) is 11.4 Å². The Labute approximate surface area is 126 Å². The standard InChI is InChI=1S/C13H17ClN4OS/c1-2-18-4-5-19-9(8-18)7-15-11-10-3-6-20-12(10)17-13(14)16-11/h3,6,9H,2,4-5,7-8H2,1H3,(H,15,16,17). The van der Waals surface area contributed by atoms with E-state index in [1.807, 2.05) is 11.4 Å². The second-order valence-electron chi connectivity index (χ2n) is 4.75. The fourth-order valence-electron chi connectivity index (χ4n) is 2.37. The lowest BCUT2D eigenvalue weighted by Gasteiger charge is -2.32. The average Bonchev–Trinajstić information content (AvgIpc) is 2.93. The van der Waals surface area contributed by atoms with Crippen LogP contribution in [0.4, 0.5) is 5.82 Å². The molecule has 20 heavy (non-hydrogen) atoms. The van der Waals surface area contributed by atoms with Gasteiger partial charge in [-0.2, -0.15) is 0 Å². The number of likely N-dealkylation sites (N-methyl/N-ethyl adjacent to an activating group) is 1. The number of nitrogens with zero attached hydrogens (tertiary/aromatic N) is 3. The van der Waals surface area contributed by atoms with Gasteiger partial charge in [-0.15, -0.1) is 11.3 Å². The topological polar surface area (TPSA) is 50.3 Å². The summed E-state index contributed by atoms with van der Waals surface area (Å²) in [7, 11) is 0. The van der Waals surface area contributed by atoms with Crippen molar-refractivity contribution < 1.29 is 4.74 Å². The van der Waals surface area contributed by atoms with Crippen LogP contribution in [0.3, 0.4) is 0 Å². The number of nitrogens with one attached hydrogen (secondary N) is 1. The molecule has 5 nitrogen and oxygen atoms in total. The van der Waals surface area contributed by atoms with Gasteiger partial charge in [0.2, 0.25) is 5.28 Å². The van der Waals surface area contributed by atoms with Gasteiger partial charge in [0.15, 0.2) is 0 Å². The van der Waals surface area contributed by atoms with Gasteiger partial charge in [-0.1, -0.05) is 6.92 Å². The number of anilines is 1. The number of hydrogen-bond donors (Lipinski definition) is 1. The predicted molar refractivity (Wildman–Crippen MR) is 82.8 cm³/mol. The molecule has 0 radical (unpaired) electrons. The maximum atomic E-state index is 5.95. The van der Waals surface area contributed by atoms with Gasteiger partial charge in [-0.25, -0.2) is 9.97 Å². The first kappa shape index (κ1) is 14.0. The van der Waals surface area contributed by atoms with Crippen LogP contribution in [0.25, 0.3) is 10.2 Å². The molecule has 0 aliphatic carbocycles. The normalized spacial score (nSPS) is 20.4. The highest BCUT2D eigenvalue weighted by molar-refractivity contribution is 7.16. The molecule has 0 aromatic carbocycles. The number of ether oxygens (including phenoxy) is 1. The van der Waals surface area contributed by atoms with Crippen molar-refractivity contribution in [2.75, 3.05) is 38.1 Å². The second kappa shape index (κ2) is 6.22. The van der Waals surface area contributed by atoms with Gasteiger partial charge in [-0.3, -0.25) is 4.90 Å². The summed E-state index contributed by atoms with van der Waals surface area (Å²) in [6, 6.07) is 2.01. The molecule has 3 rings (SSSR count). The fraction of sp³-hybridized carbons (Fsp3) is 0.538. The summed E-state index contributed by atoms with van der Waals surface area (Å²) in [5, 5.41) is 6.64. The molecule has 0 spiro atoms. The summed E-state index contributed by atoms with van der Waals surface area (Å²) in [5.74, 6) is 0.790. The van der Waals surface area contributed by atoms with Gasteiger partial charge in [0, 0.05) is 19.6 Å². The van der Waals surface area contributed by atoms with Crippen LogP contribution in [0.1, 0.15) is 6.92 Å². The molecule has 1 saturated heterocycles. The lowest BCUT2D eigenvalue weighted by atomic mass is 10.2. The minimum absolute atomic E-state index is 0.186. The highest BCUT2D eigenvalue weighted by Gasteiger charge is 2.19. The summed E-state index contributed by atoms with van der Waals surface area (Å²) >= 11 is 7.52. The molecule has 0 bridgehead atoms. The summed E-state index contributed by atoms with van der Waals surface area (Å²) in [6.07, 6.45) is 0.186. The lowest BCUT2D eigenvalue weighted by molar-refractivity contribution is -0.0192. The van der Waals surface area contributed by atoms with Gasteiger partial charge < -0.3 is 10.1 Å². The van der Waals surface area contributed by atoms with E-state index in [0.29, 0.717) is 0 Å². The summed E-state index contributed by atoms with van der Waals surface area (Å²) < 4.78 is 5.78. The summed E-state index contributed by atoms with van der Waals surface area (Å²) in [5.41, 5.74) is 0. The molecule has 7 heteroatoms. The van der Waals surface area contributed by atoms with E-state index in [9.17, 15) is 0 Å². The van der Waals surface area contributed by atoms with E-state index in [0.717, 1.165) is 48.8 Å². The number of rotatable bonds is 4. The van der Waals surface area contributed by atoms with Crippen molar-refractivity contribution in [1.82, 2.24) is 14.9 Å². The fourth-order valence-corrected chi connectivity index (χ4v) is 3.35. The zero-order chi connectivity index (χ0) is 13.9. The largest absolute Gasteiger partial charge is 0.374 e. The molecule has 1 unspecified atom stereocenters. The molecule has 2 aromatic rings. The molecule has 0 amide bonds. The molecule has 0 saturated carbocycles. The van der Waals surface area contributed by atoms with E-state index < -0.39 is 0 Å². The molecule has 2 aromatic heterocycles. The highest BCUT2D eigenvalue weighted by Crippen LogP contribution is 2.26. The van der Waals surface area contributed by atoms with Crippen molar-refractivity contribution >= 4 is 39.0 Å². The minimum atomic E-state index is 0.186. The van der Waals surface area contributed by atoms with Crippen molar-refractivity contribution in [1.29, 1.82) is 0 Å². The van der Waals surface area contributed by atoms with E-state index >= 15 is 0 Å². The van der Waals surface area contributed by atoms with E-state index in [2.05, 4.69) is 27.1 Å². The van der Waals surface area contributed by atoms with Crippen LogP contribution in [-0.4, -0.2) is 53.8 Å². The number of aromatic nitrogens is 2. The van der Waals surface area contributed by atoms with Gasteiger partial charge in [0.1, 0.15) is 10.6 Å². The number of morpholine rings is 1. The maximum Gasteiger partial charge on any atom is 0.225 e. The third-order valence-electron chi connectivity index (χ3n) is 3.47. The van der Waals surface area contributed by atoms with Gasteiger partial charge in [0.05, 0.1) is 18.1 Å². The molecular formula is C13H17ClN4OS. The minimum Gasteiger partial charge on any atom is -0.374 e. The molecule has 1 N–H and O–H groups in total. The van der Waals surface area contributed by atoms with Crippen molar-refractivity contribution in [3.05, 3.63) is 16.7 Å². The Balaban J connectivity index is 1.69. The van der Waals surface area contributed by atoms with E-state index in [1.165, 1.54) is 0 Å². The third-order valence-corrected chi connectivity index (χ3v) is 4.44. The summed E-state index contributed by atoms with van der Waals surface area (Å²) in [6.45, 7) is 6.73. The van der Waals surface area contributed by atoms with Crippen LogP contribution < -0.4 is 5.32 Å². The van der Waals surface area contributed by atoms with Crippen LogP contribution in [0.5, 0.6) is 0 Å².